The predicted molar refractivity (Wildman–Crippen MR) is 94.1 cm³/mol. The van der Waals surface area contributed by atoms with Gasteiger partial charge in [0.2, 0.25) is 0 Å². The number of phenolic OH excluding ortho intramolecular Hbond substituents is 1. The highest BCUT2D eigenvalue weighted by Crippen LogP contribution is 2.32. The minimum Gasteiger partial charge on any atom is -0.507 e. The smallest absolute Gasteiger partial charge is 0.251 e. The van der Waals surface area contributed by atoms with Crippen LogP contribution in [-0.2, 0) is 7.05 Å². The molecule has 0 aliphatic carbocycles. The van der Waals surface area contributed by atoms with Gasteiger partial charge in [-0.15, -0.1) is 10.2 Å². The van der Waals surface area contributed by atoms with Crippen LogP contribution in [0.4, 0.5) is 5.82 Å². The molecule has 24 heavy (non-hydrogen) atoms. The Morgan fingerprint density at radius 2 is 1.83 bits per heavy atom. The van der Waals surface area contributed by atoms with Crippen molar-refractivity contribution in [1.82, 2.24) is 14.8 Å². The summed E-state index contributed by atoms with van der Waals surface area (Å²) >= 11 is 0. The summed E-state index contributed by atoms with van der Waals surface area (Å²) in [7, 11) is 3.50. The molecule has 1 aromatic carbocycles. The number of phenols is 1. The van der Waals surface area contributed by atoms with Crippen LogP contribution in [0.5, 0.6) is 5.75 Å². The maximum atomic E-state index is 11.9. The van der Waals surface area contributed by atoms with Crippen molar-refractivity contribution in [3.8, 4) is 28.1 Å². The summed E-state index contributed by atoms with van der Waals surface area (Å²) in [4.78, 5) is 11.9. The molecule has 0 unspecified atom stereocenters. The van der Waals surface area contributed by atoms with Crippen LogP contribution in [0, 0.1) is 6.92 Å². The Labute approximate surface area is 139 Å². The zero-order valence-electron chi connectivity index (χ0n) is 13.7. The van der Waals surface area contributed by atoms with E-state index in [1.54, 1.807) is 49.0 Å². The molecule has 0 aliphatic heterocycles. The van der Waals surface area contributed by atoms with E-state index in [2.05, 4.69) is 15.5 Å². The van der Waals surface area contributed by atoms with Crippen LogP contribution in [-0.4, -0.2) is 26.9 Å². The first-order chi connectivity index (χ1) is 11.5. The number of nitrogens with zero attached hydrogens (tertiary/aromatic N) is 3. The number of nitrogens with one attached hydrogen (secondary N) is 1. The van der Waals surface area contributed by atoms with Gasteiger partial charge in [-0.1, -0.05) is 6.07 Å². The van der Waals surface area contributed by atoms with Crippen LogP contribution in [0.2, 0.25) is 0 Å². The molecular formula is C18H18N4O2. The van der Waals surface area contributed by atoms with Gasteiger partial charge in [0.05, 0.1) is 5.69 Å². The number of rotatable bonds is 3. The number of benzene rings is 1. The van der Waals surface area contributed by atoms with Crippen LogP contribution in [0.3, 0.4) is 0 Å². The van der Waals surface area contributed by atoms with Gasteiger partial charge < -0.3 is 15.0 Å². The molecule has 3 rings (SSSR count). The lowest BCUT2D eigenvalue weighted by atomic mass is 10.0. The molecule has 2 N–H and O–H groups in total. The molecule has 2 aromatic heterocycles. The fraction of sp³-hybridized carbons (Fsp3) is 0.167. The summed E-state index contributed by atoms with van der Waals surface area (Å²) in [6.45, 7) is 1.87. The van der Waals surface area contributed by atoms with Gasteiger partial charge in [-0.2, -0.15) is 0 Å². The van der Waals surface area contributed by atoms with E-state index in [9.17, 15) is 9.90 Å². The average molecular weight is 322 g/mol. The number of hydrogen-bond donors (Lipinski definition) is 2. The third-order valence-corrected chi connectivity index (χ3v) is 4.03. The van der Waals surface area contributed by atoms with Gasteiger partial charge in [-0.3, -0.25) is 4.79 Å². The fourth-order valence-electron chi connectivity index (χ4n) is 2.47. The predicted octanol–water partition coefficient (Wildman–Crippen LogP) is 2.57. The zero-order valence-corrected chi connectivity index (χ0v) is 13.7. The standard InChI is InChI=1S/C18H18N4O2/c1-11-8-13(10-18(24)22(11)3)12-4-5-14(16(23)9-12)15-6-7-17(19-2)21-20-15/h4-10,23H,1-3H3,(H,19,21). The monoisotopic (exact) mass is 322 g/mol. The number of aromatic nitrogens is 3. The lowest BCUT2D eigenvalue weighted by molar-refractivity contribution is 0.477. The number of hydrogen-bond acceptors (Lipinski definition) is 5. The van der Waals surface area contributed by atoms with Crippen LogP contribution in [0.15, 0.2) is 47.3 Å². The van der Waals surface area contributed by atoms with Crippen molar-refractivity contribution in [2.45, 2.75) is 6.92 Å². The molecule has 0 amide bonds. The Hall–Kier alpha value is -3.15. The Morgan fingerprint density at radius 3 is 2.42 bits per heavy atom. The van der Waals surface area contributed by atoms with E-state index in [1.165, 1.54) is 0 Å². The van der Waals surface area contributed by atoms with Crippen molar-refractivity contribution in [2.75, 3.05) is 12.4 Å². The second-order valence-corrected chi connectivity index (χ2v) is 5.57. The SMILES string of the molecule is CNc1ccc(-c2ccc(-c3cc(C)n(C)c(=O)c3)cc2O)nn1. The number of aryl methyl sites for hydroxylation is 1. The van der Waals surface area contributed by atoms with Crippen LogP contribution in [0.1, 0.15) is 5.69 Å². The highest BCUT2D eigenvalue weighted by atomic mass is 16.3. The minimum atomic E-state index is -0.0814. The third-order valence-electron chi connectivity index (χ3n) is 4.03. The summed E-state index contributed by atoms with van der Waals surface area (Å²) < 4.78 is 1.58. The molecule has 0 fully saturated rings. The summed E-state index contributed by atoms with van der Waals surface area (Å²) in [6.07, 6.45) is 0. The molecule has 0 radical (unpaired) electrons. The van der Waals surface area contributed by atoms with E-state index < -0.39 is 0 Å². The molecule has 0 atom stereocenters. The number of aromatic hydroxyl groups is 1. The molecule has 6 heteroatoms. The fourth-order valence-corrected chi connectivity index (χ4v) is 2.47. The maximum Gasteiger partial charge on any atom is 0.251 e. The van der Waals surface area contributed by atoms with Crippen molar-refractivity contribution >= 4 is 5.82 Å². The van der Waals surface area contributed by atoms with E-state index in [1.807, 2.05) is 19.1 Å². The van der Waals surface area contributed by atoms with Crippen LogP contribution in [0.25, 0.3) is 22.4 Å². The molecule has 122 valence electrons. The summed E-state index contributed by atoms with van der Waals surface area (Å²) in [5.74, 6) is 0.753. The highest BCUT2D eigenvalue weighted by Gasteiger charge is 2.10. The molecule has 0 saturated carbocycles. The normalized spacial score (nSPS) is 10.6. The molecule has 0 aliphatic rings. The summed E-state index contributed by atoms with van der Waals surface area (Å²) in [5.41, 5.74) is 3.50. The van der Waals surface area contributed by atoms with Gasteiger partial charge in [-0.05, 0) is 48.4 Å². The van der Waals surface area contributed by atoms with E-state index in [0.717, 1.165) is 16.8 Å². The molecule has 6 nitrogen and oxygen atoms in total. The number of anilines is 1. The first-order valence-electron chi connectivity index (χ1n) is 7.52. The van der Waals surface area contributed by atoms with E-state index >= 15 is 0 Å². The molecule has 0 bridgehead atoms. The first kappa shape index (κ1) is 15.7. The Morgan fingerprint density at radius 1 is 1.04 bits per heavy atom. The second-order valence-electron chi connectivity index (χ2n) is 5.57. The van der Waals surface area contributed by atoms with Gasteiger partial charge in [0.15, 0.2) is 0 Å². The minimum absolute atomic E-state index is 0.0814. The molecular weight excluding hydrogens is 304 g/mol. The van der Waals surface area contributed by atoms with Crippen molar-refractivity contribution in [3.05, 3.63) is 58.5 Å². The average Bonchev–Trinajstić information content (AvgIpc) is 2.59. The Kier molecular flexibility index (Phi) is 4.04. The molecule has 3 aromatic rings. The topological polar surface area (TPSA) is 80.0 Å². The molecule has 0 spiro atoms. The highest BCUT2D eigenvalue weighted by molar-refractivity contribution is 5.74. The van der Waals surface area contributed by atoms with Gasteiger partial charge in [0, 0.05) is 31.4 Å². The first-order valence-corrected chi connectivity index (χ1v) is 7.52. The quantitative estimate of drug-likeness (QED) is 0.774. The van der Waals surface area contributed by atoms with Crippen molar-refractivity contribution < 1.29 is 5.11 Å². The van der Waals surface area contributed by atoms with Crippen LogP contribution < -0.4 is 10.9 Å². The van der Waals surface area contributed by atoms with E-state index in [-0.39, 0.29) is 11.3 Å². The van der Waals surface area contributed by atoms with Gasteiger partial charge >= 0.3 is 0 Å². The van der Waals surface area contributed by atoms with Gasteiger partial charge in [-0.25, -0.2) is 0 Å². The molecule has 0 saturated heterocycles. The zero-order chi connectivity index (χ0) is 17.3. The van der Waals surface area contributed by atoms with E-state index in [4.69, 9.17) is 0 Å². The van der Waals surface area contributed by atoms with Gasteiger partial charge in [0.25, 0.3) is 5.56 Å². The lowest BCUT2D eigenvalue weighted by Crippen LogP contribution is -2.17. The van der Waals surface area contributed by atoms with E-state index in [0.29, 0.717) is 17.1 Å². The largest absolute Gasteiger partial charge is 0.507 e. The summed E-state index contributed by atoms with van der Waals surface area (Å²) in [6, 6.07) is 12.3. The Bertz CT molecular complexity index is 946. The number of pyridine rings is 1. The van der Waals surface area contributed by atoms with Crippen LogP contribution >= 0.6 is 0 Å². The van der Waals surface area contributed by atoms with Gasteiger partial charge in [0.1, 0.15) is 11.6 Å². The second kappa shape index (κ2) is 6.16. The maximum absolute atomic E-state index is 11.9. The van der Waals surface area contributed by atoms with Crippen molar-refractivity contribution in [3.63, 3.8) is 0 Å². The molecule has 2 heterocycles. The van der Waals surface area contributed by atoms with Crippen molar-refractivity contribution in [2.24, 2.45) is 7.05 Å². The lowest BCUT2D eigenvalue weighted by Gasteiger charge is -2.09. The third kappa shape index (κ3) is 2.86. The van der Waals surface area contributed by atoms with Crippen molar-refractivity contribution in [1.29, 1.82) is 0 Å². The Balaban J connectivity index is 2.02. The summed E-state index contributed by atoms with van der Waals surface area (Å²) in [5, 5.41) is 21.4.